The molecule has 1 aromatic rings. The molecule has 1 aliphatic rings. The van der Waals surface area contributed by atoms with Gasteiger partial charge in [-0.1, -0.05) is 0 Å². The van der Waals surface area contributed by atoms with E-state index < -0.39 is 0 Å². The van der Waals surface area contributed by atoms with E-state index in [-0.39, 0.29) is 18.3 Å². The first-order valence-electron chi connectivity index (χ1n) is 6.57. The first-order valence-corrected chi connectivity index (χ1v) is 7.37. The average molecular weight is 346 g/mol. The van der Waals surface area contributed by atoms with Gasteiger partial charge in [-0.05, 0) is 52.9 Å². The van der Waals surface area contributed by atoms with Gasteiger partial charge in [-0.15, -0.1) is 0 Å². The van der Waals surface area contributed by atoms with Crippen molar-refractivity contribution in [2.75, 3.05) is 26.4 Å². The third kappa shape index (κ3) is 4.76. The zero-order valence-corrected chi connectivity index (χ0v) is 12.6. The van der Waals surface area contributed by atoms with Gasteiger partial charge in [0.2, 0.25) is 0 Å². The molecule has 20 heavy (non-hydrogen) atoms. The standard InChI is InChI=1S/C14H17BrFNO3/c15-12-6-11(16)3-4-13(12)20-9-14(18)17-7-10-2-1-5-19-8-10/h3-4,6,10H,1-2,5,7-9H2,(H,17,18)/t10-/m1/s1. The van der Waals surface area contributed by atoms with Gasteiger partial charge < -0.3 is 14.8 Å². The van der Waals surface area contributed by atoms with Crippen LogP contribution in [-0.4, -0.2) is 32.3 Å². The molecule has 6 heteroatoms. The Morgan fingerprint density at radius 3 is 3.10 bits per heavy atom. The molecular formula is C14H17BrFNO3. The van der Waals surface area contributed by atoms with Crippen LogP contribution in [0.25, 0.3) is 0 Å². The molecule has 0 saturated carbocycles. The molecular weight excluding hydrogens is 329 g/mol. The SMILES string of the molecule is O=C(COc1ccc(F)cc1Br)NC[C@H]1CCCOC1. The second kappa shape index (κ2) is 7.59. The quantitative estimate of drug-likeness (QED) is 0.891. The molecule has 1 aliphatic heterocycles. The number of carbonyl (C=O) groups excluding carboxylic acids is 1. The van der Waals surface area contributed by atoms with Crippen LogP contribution in [0.15, 0.2) is 22.7 Å². The highest BCUT2D eigenvalue weighted by Gasteiger charge is 2.15. The number of amides is 1. The molecule has 1 atom stereocenters. The van der Waals surface area contributed by atoms with Crippen molar-refractivity contribution in [3.05, 3.63) is 28.5 Å². The summed E-state index contributed by atoms with van der Waals surface area (Å²) in [5.74, 6) is 0.283. The molecule has 0 aromatic heterocycles. The van der Waals surface area contributed by atoms with Crippen molar-refractivity contribution < 1.29 is 18.7 Å². The number of ether oxygens (including phenoxy) is 2. The minimum absolute atomic E-state index is 0.0855. The van der Waals surface area contributed by atoms with Crippen LogP contribution in [0.2, 0.25) is 0 Å². The highest BCUT2D eigenvalue weighted by atomic mass is 79.9. The number of nitrogens with one attached hydrogen (secondary N) is 1. The van der Waals surface area contributed by atoms with Crippen LogP contribution in [0, 0.1) is 11.7 Å². The monoisotopic (exact) mass is 345 g/mol. The highest BCUT2D eigenvalue weighted by Crippen LogP contribution is 2.25. The summed E-state index contributed by atoms with van der Waals surface area (Å²) in [7, 11) is 0. The maximum Gasteiger partial charge on any atom is 0.257 e. The molecule has 1 saturated heterocycles. The lowest BCUT2D eigenvalue weighted by Gasteiger charge is -2.22. The second-order valence-electron chi connectivity index (χ2n) is 4.75. The van der Waals surface area contributed by atoms with Crippen molar-refractivity contribution in [1.29, 1.82) is 0 Å². The largest absolute Gasteiger partial charge is 0.483 e. The normalized spacial score (nSPS) is 18.6. The number of rotatable bonds is 5. The van der Waals surface area contributed by atoms with Gasteiger partial charge in [-0.25, -0.2) is 4.39 Å². The maximum absolute atomic E-state index is 12.9. The molecule has 1 heterocycles. The van der Waals surface area contributed by atoms with Crippen LogP contribution < -0.4 is 10.1 Å². The van der Waals surface area contributed by atoms with E-state index in [0.717, 1.165) is 19.4 Å². The van der Waals surface area contributed by atoms with Crippen molar-refractivity contribution in [2.24, 2.45) is 5.92 Å². The Labute approximate surface area is 125 Å². The maximum atomic E-state index is 12.9. The number of benzene rings is 1. The number of hydrogen-bond acceptors (Lipinski definition) is 3. The van der Waals surface area contributed by atoms with E-state index in [9.17, 15) is 9.18 Å². The fraction of sp³-hybridized carbons (Fsp3) is 0.500. The molecule has 1 aromatic carbocycles. The van der Waals surface area contributed by atoms with Crippen LogP contribution in [0.3, 0.4) is 0 Å². The summed E-state index contributed by atoms with van der Waals surface area (Å²) in [5.41, 5.74) is 0. The van der Waals surface area contributed by atoms with Crippen molar-refractivity contribution in [1.82, 2.24) is 5.32 Å². The summed E-state index contributed by atoms with van der Waals surface area (Å²) in [5, 5.41) is 2.82. The molecule has 2 rings (SSSR count). The lowest BCUT2D eigenvalue weighted by atomic mass is 10.0. The topological polar surface area (TPSA) is 47.6 Å². The molecule has 0 unspecified atom stereocenters. The second-order valence-corrected chi connectivity index (χ2v) is 5.61. The molecule has 0 radical (unpaired) electrons. The van der Waals surface area contributed by atoms with Gasteiger partial charge in [0.25, 0.3) is 5.91 Å². The van der Waals surface area contributed by atoms with Gasteiger partial charge in [0.15, 0.2) is 6.61 Å². The van der Waals surface area contributed by atoms with Gasteiger partial charge in [-0.3, -0.25) is 4.79 Å². The minimum atomic E-state index is -0.356. The van der Waals surface area contributed by atoms with Crippen LogP contribution in [0.4, 0.5) is 4.39 Å². The number of halogens is 2. The lowest BCUT2D eigenvalue weighted by molar-refractivity contribution is -0.123. The van der Waals surface area contributed by atoms with Crippen LogP contribution in [-0.2, 0) is 9.53 Å². The summed E-state index contributed by atoms with van der Waals surface area (Å²) in [6.07, 6.45) is 2.12. The average Bonchev–Trinajstić information content (AvgIpc) is 2.45. The molecule has 4 nitrogen and oxygen atoms in total. The Morgan fingerprint density at radius 1 is 1.55 bits per heavy atom. The van der Waals surface area contributed by atoms with Gasteiger partial charge in [-0.2, -0.15) is 0 Å². The number of carbonyl (C=O) groups is 1. The summed E-state index contributed by atoms with van der Waals surface area (Å²) in [6.45, 7) is 2.03. The predicted molar refractivity (Wildman–Crippen MR) is 76.1 cm³/mol. The van der Waals surface area contributed by atoms with Gasteiger partial charge in [0, 0.05) is 13.2 Å². The zero-order chi connectivity index (χ0) is 14.4. The smallest absolute Gasteiger partial charge is 0.257 e. The van der Waals surface area contributed by atoms with E-state index >= 15 is 0 Å². The van der Waals surface area contributed by atoms with Crippen LogP contribution in [0.1, 0.15) is 12.8 Å². The van der Waals surface area contributed by atoms with E-state index in [2.05, 4.69) is 21.2 Å². The van der Waals surface area contributed by atoms with Crippen LogP contribution >= 0.6 is 15.9 Å². The first-order chi connectivity index (χ1) is 9.65. The van der Waals surface area contributed by atoms with E-state index in [0.29, 0.717) is 29.3 Å². The highest BCUT2D eigenvalue weighted by molar-refractivity contribution is 9.10. The predicted octanol–water partition coefficient (Wildman–Crippen LogP) is 2.51. The van der Waals surface area contributed by atoms with Crippen LogP contribution in [0.5, 0.6) is 5.75 Å². The Bertz CT molecular complexity index is 464. The zero-order valence-electron chi connectivity index (χ0n) is 11.0. The van der Waals surface area contributed by atoms with Crippen molar-refractivity contribution >= 4 is 21.8 Å². The van der Waals surface area contributed by atoms with E-state index in [4.69, 9.17) is 9.47 Å². The van der Waals surface area contributed by atoms with Gasteiger partial charge in [0.1, 0.15) is 11.6 Å². The third-order valence-electron chi connectivity index (χ3n) is 3.10. The minimum Gasteiger partial charge on any atom is -0.483 e. The molecule has 1 fully saturated rings. The van der Waals surface area contributed by atoms with Crippen molar-refractivity contribution in [3.8, 4) is 5.75 Å². The van der Waals surface area contributed by atoms with Crippen molar-refractivity contribution in [3.63, 3.8) is 0 Å². The van der Waals surface area contributed by atoms with E-state index in [1.54, 1.807) is 0 Å². The Hall–Kier alpha value is -1.14. The van der Waals surface area contributed by atoms with E-state index in [1.807, 2.05) is 0 Å². The van der Waals surface area contributed by atoms with E-state index in [1.165, 1.54) is 18.2 Å². The Morgan fingerprint density at radius 2 is 2.40 bits per heavy atom. The fourth-order valence-corrected chi connectivity index (χ4v) is 2.48. The third-order valence-corrected chi connectivity index (χ3v) is 3.71. The fourth-order valence-electron chi connectivity index (χ4n) is 2.01. The molecule has 110 valence electrons. The molecule has 0 bridgehead atoms. The molecule has 0 spiro atoms. The summed E-state index contributed by atoms with van der Waals surface area (Å²) >= 11 is 3.19. The Kier molecular flexibility index (Phi) is 5.79. The molecule has 1 amide bonds. The summed E-state index contributed by atoms with van der Waals surface area (Å²) < 4.78 is 24.1. The van der Waals surface area contributed by atoms with Gasteiger partial charge >= 0.3 is 0 Å². The molecule has 0 aliphatic carbocycles. The van der Waals surface area contributed by atoms with Gasteiger partial charge in [0.05, 0.1) is 11.1 Å². The summed E-state index contributed by atoms with van der Waals surface area (Å²) in [6, 6.07) is 4.08. The van der Waals surface area contributed by atoms with Crippen molar-refractivity contribution in [2.45, 2.75) is 12.8 Å². The summed E-state index contributed by atoms with van der Waals surface area (Å²) in [4.78, 5) is 11.7. The first kappa shape index (κ1) is 15.3. The number of hydrogen-bond donors (Lipinski definition) is 1. The lowest BCUT2D eigenvalue weighted by Crippen LogP contribution is -2.35. The Balaban J connectivity index is 1.71. The molecule has 1 N–H and O–H groups in total.